The minimum Gasteiger partial charge on any atom is -0.378 e. The molecule has 0 atom stereocenters. The third kappa shape index (κ3) is 3.31. The topological polar surface area (TPSA) is 67.7 Å². The molecule has 2 aromatic rings. The summed E-state index contributed by atoms with van der Waals surface area (Å²) in [5, 5.41) is 4.54. The molecule has 0 spiro atoms. The Morgan fingerprint density at radius 3 is 2.40 bits per heavy atom. The maximum atomic E-state index is 13.7. The van der Waals surface area contributed by atoms with Crippen LogP contribution >= 0.6 is 0 Å². The highest BCUT2D eigenvalue weighted by molar-refractivity contribution is 5.92. The number of ether oxygens (including phenoxy) is 1. The molecule has 0 N–H and O–H groups in total. The number of nitrogens with zero attached hydrogens (tertiary/aromatic N) is 4. The minimum atomic E-state index is -0.407. The van der Waals surface area contributed by atoms with E-state index in [-0.39, 0.29) is 11.8 Å². The van der Waals surface area contributed by atoms with Crippen LogP contribution in [0.1, 0.15) is 47.4 Å². The van der Waals surface area contributed by atoms with Crippen molar-refractivity contribution in [2.45, 2.75) is 44.2 Å². The summed E-state index contributed by atoms with van der Waals surface area (Å²) in [6.07, 6.45) is 3.99. The lowest BCUT2D eigenvalue weighted by Crippen LogP contribution is -2.48. The van der Waals surface area contributed by atoms with Gasteiger partial charge in [0.25, 0.3) is 5.91 Å². The molecular weight excluding hydrogens is 380 g/mol. The van der Waals surface area contributed by atoms with Gasteiger partial charge in [-0.05, 0) is 24.5 Å². The molecule has 158 valence electrons. The van der Waals surface area contributed by atoms with Gasteiger partial charge in [-0.25, -0.2) is 0 Å². The summed E-state index contributed by atoms with van der Waals surface area (Å²) in [4.78, 5) is 30.3. The normalized spacial score (nSPS) is 20.8. The van der Waals surface area contributed by atoms with Crippen molar-refractivity contribution in [2.24, 2.45) is 0 Å². The molecule has 3 heterocycles. The van der Waals surface area contributed by atoms with Crippen LogP contribution in [-0.2, 0) is 28.0 Å². The summed E-state index contributed by atoms with van der Waals surface area (Å²) in [7, 11) is 0. The monoisotopic (exact) mass is 408 g/mol. The highest BCUT2D eigenvalue weighted by Gasteiger charge is 2.45. The molecule has 3 aliphatic rings. The van der Waals surface area contributed by atoms with E-state index in [0.29, 0.717) is 51.6 Å². The minimum absolute atomic E-state index is 0.0466. The number of carbonyl (C=O) groups is 2. The molecule has 1 aromatic carbocycles. The van der Waals surface area contributed by atoms with Gasteiger partial charge in [-0.15, -0.1) is 0 Å². The standard InChI is InChI=1S/C23H28N4O3/c28-21(25-12-14-30-15-13-25)20-16-19-17-26(10-11-27(19)24-20)22(29)23(8-4-5-9-23)18-6-2-1-3-7-18/h1-3,6-7,16H,4-5,8-15,17H2. The third-order valence-corrected chi connectivity index (χ3v) is 6.80. The largest absolute Gasteiger partial charge is 0.378 e. The molecule has 5 rings (SSSR count). The van der Waals surface area contributed by atoms with E-state index < -0.39 is 5.41 Å². The second-order valence-corrected chi connectivity index (χ2v) is 8.53. The summed E-state index contributed by atoms with van der Waals surface area (Å²) < 4.78 is 7.23. The number of carbonyl (C=O) groups excluding carboxylic acids is 2. The van der Waals surface area contributed by atoms with Gasteiger partial charge in [0.05, 0.1) is 37.4 Å². The maximum absolute atomic E-state index is 13.7. The van der Waals surface area contributed by atoms with Crippen LogP contribution in [0.15, 0.2) is 36.4 Å². The number of benzene rings is 1. The van der Waals surface area contributed by atoms with Crippen molar-refractivity contribution in [1.82, 2.24) is 19.6 Å². The van der Waals surface area contributed by atoms with Crippen molar-refractivity contribution in [3.05, 3.63) is 53.3 Å². The van der Waals surface area contributed by atoms with Gasteiger partial charge in [0.1, 0.15) is 0 Å². The van der Waals surface area contributed by atoms with Gasteiger partial charge >= 0.3 is 0 Å². The molecular formula is C23H28N4O3. The Kier molecular flexibility index (Phi) is 5.06. The van der Waals surface area contributed by atoms with Crippen LogP contribution in [0.4, 0.5) is 0 Å². The first kappa shape index (κ1) is 19.3. The summed E-state index contributed by atoms with van der Waals surface area (Å²) in [5.41, 5.74) is 2.14. The van der Waals surface area contributed by atoms with Crippen molar-refractivity contribution in [3.8, 4) is 0 Å². The van der Waals surface area contributed by atoms with Gasteiger partial charge in [0.15, 0.2) is 5.69 Å². The predicted molar refractivity (Wildman–Crippen MR) is 111 cm³/mol. The SMILES string of the molecule is O=C(c1cc2n(n1)CCN(C(=O)C1(c3ccccc3)CCCC1)C2)N1CCOCC1. The number of hydrogen-bond donors (Lipinski definition) is 0. The Balaban J connectivity index is 1.36. The van der Waals surface area contributed by atoms with Crippen molar-refractivity contribution in [3.63, 3.8) is 0 Å². The van der Waals surface area contributed by atoms with Crippen molar-refractivity contribution >= 4 is 11.8 Å². The summed E-state index contributed by atoms with van der Waals surface area (Å²) in [5.74, 6) is 0.175. The van der Waals surface area contributed by atoms with E-state index in [1.54, 1.807) is 4.90 Å². The molecule has 0 radical (unpaired) electrons. The number of rotatable bonds is 3. The Hall–Kier alpha value is -2.67. The average molecular weight is 409 g/mol. The van der Waals surface area contributed by atoms with E-state index >= 15 is 0 Å². The highest BCUT2D eigenvalue weighted by atomic mass is 16.5. The van der Waals surface area contributed by atoms with E-state index in [4.69, 9.17) is 4.74 Å². The smallest absolute Gasteiger partial charge is 0.274 e. The molecule has 7 heteroatoms. The van der Waals surface area contributed by atoms with Gasteiger partial charge in [-0.3, -0.25) is 14.3 Å². The van der Waals surface area contributed by atoms with Gasteiger partial charge in [-0.2, -0.15) is 5.10 Å². The fraction of sp³-hybridized carbons (Fsp3) is 0.522. The number of fused-ring (bicyclic) bond motifs is 1. The first-order valence-electron chi connectivity index (χ1n) is 11.0. The summed E-state index contributed by atoms with van der Waals surface area (Å²) >= 11 is 0. The predicted octanol–water partition coefficient (Wildman–Crippen LogP) is 2.21. The molecule has 1 saturated carbocycles. The fourth-order valence-electron chi connectivity index (χ4n) is 5.14. The van der Waals surface area contributed by atoms with E-state index in [2.05, 4.69) is 17.2 Å². The third-order valence-electron chi connectivity index (χ3n) is 6.80. The molecule has 7 nitrogen and oxygen atoms in total. The van der Waals surface area contributed by atoms with Crippen molar-refractivity contribution in [1.29, 1.82) is 0 Å². The second-order valence-electron chi connectivity index (χ2n) is 8.53. The lowest BCUT2D eigenvalue weighted by atomic mass is 9.77. The number of amides is 2. The van der Waals surface area contributed by atoms with Gasteiger partial charge in [0.2, 0.25) is 5.91 Å². The lowest BCUT2D eigenvalue weighted by Gasteiger charge is -2.37. The van der Waals surface area contributed by atoms with Gasteiger partial charge in [-0.1, -0.05) is 43.2 Å². The first-order chi connectivity index (χ1) is 14.7. The molecule has 2 fully saturated rings. The zero-order valence-electron chi connectivity index (χ0n) is 17.3. The number of aromatic nitrogens is 2. The number of morpholine rings is 1. The van der Waals surface area contributed by atoms with E-state index in [1.807, 2.05) is 33.8 Å². The average Bonchev–Trinajstić information content (AvgIpc) is 3.47. The lowest BCUT2D eigenvalue weighted by molar-refractivity contribution is -0.139. The zero-order valence-corrected chi connectivity index (χ0v) is 17.3. The van der Waals surface area contributed by atoms with Crippen LogP contribution in [0.25, 0.3) is 0 Å². The molecule has 0 bridgehead atoms. The molecule has 1 saturated heterocycles. The first-order valence-corrected chi connectivity index (χ1v) is 11.0. The molecule has 1 aromatic heterocycles. The van der Waals surface area contributed by atoms with Crippen LogP contribution in [0.5, 0.6) is 0 Å². The van der Waals surface area contributed by atoms with Crippen molar-refractivity contribution < 1.29 is 14.3 Å². The van der Waals surface area contributed by atoms with Crippen LogP contribution in [-0.4, -0.2) is 64.2 Å². The molecule has 2 aliphatic heterocycles. The Morgan fingerprint density at radius 2 is 1.67 bits per heavy atom. The van der Waals surface area contributed by atoms with E-state index in [9.17, 15) is 9.59 Å². The van der Waals surface area contributed by atoms with Crippen molar-refractivity contribution in [2.75, 3.05) is 32.8 Å². The number of hydrogen-bond acceptors (Lipinski definition) is 4. The highest BCUT2D eigenvalue weighted by Crippen LogP contribution is 2.43. The molecule has 0 unspecified atom stereocenters. The maximum Gasteiger partial charge on any atom is 0.274 e. The van der Waals surface area contributed by atoms with E-state index in [0.717, 1.165) is 36.9 Å². The van der Waals surface area contributed by atoms with Gasteiger partial charge < -0.3 is 14.5 Å². The molecule has 2 amide bonds. The summed E-state index contributed by atoms with van der Waals surface area (Å²) in [6, 6.07) is 12.1. The quantitative estimate of drug-likeness (QED) is 0.781. The van der Waals surface area contributed by atoms with Crippen LogP contribution in [0.3, 0.4) is 0 Å². The fourth-order valence-corrected chi connectivity index (χ4v) is 5.14. The summed E-state index contributed by atoms with van der Waals surface area (Å²) in [6.45, 7) is 4.12. The van der Waals surface area contributed by atoms with E-state index in [1.165, 1.54) is 0 Å². The Bertz CT molecular complexity index is 927. The Labute approximate surface area is 176 Å². The second kappa shape index (κ2) is 7.87. The Morgan fingerprint density at radius 1 is 0.933 bits per heavy atom. The molecule has 30 heavy (non-hydrogen) atoms. The van der Waals surface area contributed by atoms with Crippen LogP contribution < -0.4 is 0 Å². The molecule has 1 aliphatic carbocycles. The van der Waals surface area contributed by atoms with Crippen LogP contribution in [0, 0.1) is 0 Å². The van der Waals surface area contributed by atoms with Gasteiger partial charge in [0, 0.05) is 19.6 Å². The van der Waals surface area contributed by atoms with Crippen LogP contribution in [0.2, 0.25) is 0 Å². The zero-order chi connectivity index (χ0) is 20.6.